The Kier molecular flexibility index (Phi) is 1.56. The Balaban J connectivity index is 1.95. The van der Waals surface area contributed by atoms with Crippen molar-refractivity contribution in [2.45, 2.75) is 31.2 Å². The largest absolute Gasteiger partial charge is 0.319 e. The van der Waals surface area contributed by atoms with E-state index in [2.05, 4.69) is 4.98 Å². The van der Waals surface area contributed by atoms with Gasteiger partial charge in [-0.25, -0.2) is 4.98 Å². The van der Waals surface area contributed by atoms with Crippen LogP contribution in [0.3, 0.4) is 0 Å². The van der Waals surface area contributed by atoms with Crippen LogP contribution in [0, 0.1) is 11.8 Å². The van der Waals surface area contributed by atoms with E-state index in [-0.39, 0.29) is 5.54 Å². The summed E-state index contributed by atoms with van der Waals surface area (Å²) in [6.45, 7) is 0. The van der Waals surface area contributed by atoms with Gasteiger partial charge in [0.2, 0.25) is 0 Å². The van der Waals surface area contributed by atoms with Crippen molar-refractivity contribution in [1.82, 2.24) is 4.98 Å². The van der Waals surface area contributed by atoms with Crippen LogP contribution in [0.2, 0.25) is 0 Å². The summed E-state index contributed by atoms with van der Waals surface area (Å²) in [5.74, 6) is 1.66. The molecular formula is C10H14N2S. The Morgan fingerprint density at radius 1 is 1.62 bits per heavy atom. The van der Waals surface area contributed by atoms with Crippen molar-refractivity contribution in [1.29, 1.82) is 0 Å². The van der Waals surface area contributed by atoms with Crippen LogP contribution in [0.4, 0.5) is 0 Å². The normalized spacial score (nSPS) is 42.8. The molecule has 0 spiro atoms. The molecule has 3 atom stereocenters. The van der Waals surface area contributed by atoms with Crippen LogP contribution in [0.1, 0.15) is 30.7 Å². The van der Waals surface area contributed by atoms with Gasteiger partial charge in [-0.2, -0.15) is 0 Å². The van der Waals surface area contributed by atoms with Crippen molar-refractivity contribution >= 4 is 11.3 Å². The first kappa shape index (κ1) is 7.94. The van der Waals surface area contributed by atoms with Gasteiger partial charge in [-0.05, 0) is 24.7 Å². The highest BCUT2D eigenvalue weighted by atomic mass is 32.1. The van der Waals surface area contributed by atoms with E-state index in [0.717, 1.165) is 18.3 Å². The molecule has 2 aliphatic carbocycles. The minimum Gasteiger partial charge on any atom is -0.319 e. The lowest BCUT2D eigenvalue weighted by molar-refractivity contribution is 0.278. The maximum atomic E-state index is 6.46. The Morgan fingerprint density at radius 2 is 2.54 bits per heavy atom. The molecule has 0 aliphatic heterocycles. The van der Waals surface area contributed by atoms with Gasteiger partial charge in [-0.3, -0.25) is 0 Å². The molecule has 1 heterocycles. The molecule has 0 saturated heterocycles. The zero-order valence-electron chi connectivity index (χ0n) is 7.57. The van der Waals surface area contributed by atoms with Crippen LogP contribution in [-0.2, 0) is 5.54 Å². The average molecular weight is 194 g/mol. The number of thiazole rings is 1. The highest BCUT2D eigenvalue weighted by Crippen LogP contribution is 2.57. The van der Waals surface area contributed by atoms with Crippen molar-refractivity contribution in [3.05, 3.63) is 16.6 Å². The van der Waals surface area contributed by atoms with E-state index >= 15 is 0 Å². The van der Waals surface area contributed by atoms with Crippen molar-refractivity contribution in [2.75, 3.05) is 0 Å². The minimum atomic E-state index is -0.0584. The molecule has 2 nitrogen and oxygen atoms in total. The molecular weight excluding hydrogens is 180 g/mol. The fourth-order valence-electron chi connectivity index (χ4n) is 2.76. The number of aromatic nitrogens is 1. The number of fused-ring (bicyclic) bond motifs is 1. The lowest BCUT2D eigenvalue weighted by atomic mass is 9.83. The molecule has 0 amide bonds. The van der Waals surface area contributed by atoms with E-state index < -0.39 is 0 Å². The highest BCUT2D eigenvalue weighted by molar-refractivity contribution is 7.09. The van der Waals surface area contributed by atoms with Gasteiger partial charge in [-0.1, -0.05) is 12.8 Å². The van der Waals surface area contributed by atoms with E-state index in [1.54, 1.807) is 11.3 Å². The standard InChI is InChI=1S/C10H14N2S/c11-10(9-12-4-5-13-9)3-1-2-7-6-8(7)10/h4-5,7-8H,1-3,6,11H2. The second kappa shape index (κ2) is 2.55. The lowest BCUT2D eigenvalue weighted by Crippen LogP contribution is -2.41. The van der Waals surface area contributed by atoms with Gasteiger partial charge < -0.3 is 5.73 Å². The summed E-state index contributed by atoms with van der Waals surface area (Å²) >= 11 is 1.72. The maximum Gasteiger partial charge on any atom is 0.113 e. The Bertz CT molecular complexity index is 309. The van der Waals surface area contributed by atoms with Crippen LogP contribution in [-0.4, -0.2) is 4.98 Å². The number of rotatable bonds is 1. The van der Waals surface area contributed by atoms with E-state index in [9.17, 15) is 0 Å². The van der Waals surface area contributed by atoms with Crippen molar-refractivity contribution < 1.29 is 0 Å². The molecule has 1 aromatic rings. The average Bonchev–Trinajstić information content (AvgIpc) is 2.74. The Morgan fingerprint density at radius 3 is 3.31 bits per heavy atom. The first-order chi connectivity index (χ1) is 6.31. The number of nitrogens with zero attached hydrogens (tertiary/aromatic N) is 1. The van der Waals surface area contributed by atoms with E-state index in [0.29, 0.717) is 0 Å². The summed E-state index contributed by atoms with van der Waals surface area (Å²) in [4.78, 5) is 4.38. The van der Waals surface area contributed by atoms with Crippen molar-refractivity contribution in [3.63, 3.8) is 0 Å². The summed E-state index contributed by atoms with van der Waals surface area (Å²) < 4.78 is 0. The van der Waals surface area contributed by atoms with Gasteiger partial charge >= 0.3 is 0 Å². The van der Waals surface area contributed by atoms with Gasteiger partial charge in [0.15, 0.2) is 0 Å². The third kappa shape index (κ3) is 1.07. The SMILES string of the molecule is NC1(c2nccs2)CCCC2CC21. The summed E-state index contributed by atoms with van der Waals surface area (Å²) in [5.41, 5.74) is 6.40. The van der Waals surface area contributed by atoms with Gasteiger partial charge in [0.1, 0.15) is 5.01 Å². The molecule has 0 aromatic carbocycles. The first-order valence-electron chi connectivity index (χ1n) is 4.99. The lowest BCUT2D eigenvalue weighted by Gasteiger charge is -2.31. The number of hydrogen-bond donors (Lipinski definition) is 1. The molecule has 2 N–H and O–H groups in total. The van der Waals surface area contributed by atoms with Gasteiger partial charge in [0.25, 0.3) is 0 Å². The van der Waals surface area contributed by atoms with Gasteiger partial charge in [0.05, 0.1) is 5.54 Å². The van der Waals surface area contributed by atoms with Crippen molar-refractivity contribution in [2.24, 2.45) is 17.6 Å². The molecule has 0 radical (unpaired) electrons. The number of nitrogens with two attached hydrogens (primary N) is 1. The molecule has 2 fully saturated rings. The predicted molar refractivity (Wildman–Crippen MR) is 53.4 cm³/mol. The number of hydrogen-bond acceptors (Lipinski definition) is 3. The third-order valence-corrected chi connectivity index (χ3v) is 4.55. The quantitative estimate of drug-likeness (QED) is 0.743. The molecule has 70 valence electrons. The summed E-state index contributed by atoms with van der Waals surface area (Å²) in [7, 11) is 0. The highest BCUT2D eigenvalue weighted by Gasteiger charge is 2.54. The van der Waals surface area contributed by atoms with Crippen LogP contribution in [0.25, 0.3) is 0 Å². The van der Waals surface area contributed by atoms with Crippen LogP contribution in [0.5, 0.6) is 0 Å². The van der Waals surface area contributed by atoms with E-state index in [1.807, 2.05) is 11.6 Å². The molecule has 2 saturated carbocycles. The second-order valence-corrected chi connectivity index (χ2v) is 5.27. The minimum absolute atomic E-state index is 0.0584. The molecule has 3 unspecified atom stereocenters. The third-order valence-electron chi connectivity index (χ3n) is 3.58. The molecule has 0 bridgehead atoms. The Labute approximate surface area is 82.2 Å². The van der Waals surface area contributed by atoms with E-state index in [4.69, 9.17) is 5.73 Å². The smallest absolute Gasteiger partial charge is 0.113 e. The molecule has 3 heteroatoms. The van der Waals surface area contributed by atoms with Crippen LogP contribution in [0.15, 0.2) is 11.6 Å². The van der Waals surface area contributed by atoms with Crippen LogP contribution < -0.4 is 5.73 Å². The summed E-state index contributed by atoms with van der Waals surface area (Å²) in [6.07, 6.45) is 7.05. The molecule has 13 heavy (non-hydrogen) atoms. The molecule has 2 aliphatic rings. The zero-order valence-corrected chi connectivity index (χ0v) is 8.39. The van der Waals surface area contributed by atoms with Crippen molar-refractivity contribution in [3.8, 4) is 0 Å². The van der Waals surface area contributed by atoms with Gasteiger partial charge in [0, 0.05) is 11.6 Å². The second-order valence-electron chi connectivity index (χ2n) is 4.37. The maximum absolute atomic E-state index is 6.46. The topological polar surface area (TPSA) is 38.9 Å². The summed E-state index contributed by atoms with van der Waals surface area (Å²) in [6, 6.07) is 0. The molecule has 1 aromatic heterocycles. The first-order valence-corrected chi connectivity index (χ1v) is 5.87. The summed E-state index contributed by atoms with van der Waals surface area (Å²) in [5, 5.41) is 3.20. The Hall–Kier alpha value is -0.410. The zero-order chi connectivity index (χ0) is 8.89. The van der Waals surface area contributed by atoms with Gasteiger partial charge in [-0.15, -0.1) is 11.3 Å². The van der Waals surface area contributed by atoms with E-state index in [1.165, 1.54) is 24.3 Å². The fourth-order valence-corrected chi connectivity index (χ4v) is 3.60. The fraction of sp³-hybridized carbons (Fsp3) is 0.700. The molecule has 3 rings (SSSR count). The monoisotopic (exact) mass is 194 g/mol. The predicted octanol–water partition coefficient (Wildman–Crippen LogP) is 2.12. The van der Waals surface area contributed by atoms with Crippen LogP contribution >= 0.6 is 11.3 Å².